The van der Waals surface area contributed by atoms with Crippen LogP contribution in [0.2, 0.25) is 5.02 Å². The van der Waals surface area contributed by atoms with Crippen LogP contribution in [0.15, 0.2) is 18.2 Å². The Morgan fingerprint density at radius 3 is 2.71 bits per heavy atom. The van der Waals surface area contributed by atoms with Crippen LogP contribution in [0.4, 0.5) is 5.69 Å². The molecule has 1 aromatic carbocycles. The number of rotatable bonds is 5. The number of nitrogens with zero attached hydrogens (tertiary/aromatic N) is 1. The predicted octanol–water partition coefficient (Wildman–Crippen LogP) is 2.86. The molecular formula is C13H18ClN3. The van der Waals surface area contributed by atoms with Crippen LogP contribution in [-0.2, 0) is 0 Å². The van der Waals surface area contributed by atoms with Gasteiger partial charge in [-0.15, -0.1) is 0 Å². The van der Waals surface area contributed by atoms with Crippen LogP contribution >= 0.6 is 11.6 Å². The average Bonchev–Trinajstić information content (AvgIpc) is 3.10. The van der Waals surface area contributed by atoms with Crippen molar-refractivity contribution in [3.8, 4) is 0 Å². The van der Waals surface area contributed by atoms with Crippen LogP contribution in [0, 0.1) is 11.3 Å². The van der Waals surface area contributed by atoms with Gasteiger partial charge in [0.2, 0.25) is 0 Å². The number of hydrogen-bond donors (Lipinski definition) is 2. The van der Waals surface area contributed by atoms with E-state index in [9.17, 15) is 0 Å². The van der Waals surface area contributed by atoms with E-state index in [0.717, 1.165) is 24.7 Å². The maximum atomic E-state index is 7.38. The van der Waals surface area contributed by atoms with Crippen molar-refractivity contribution in [3.63, 3.8) is 0 Å². The van der Waals surface area contributed by atoms with E-state index in [1.165, 1.54) is 12.8 Å². The maximum absolute atomic E-state index is 7.38. The molecule has 0 atom stereocenters. The number of benzene rings is 1. The molecule has 2 rings (SSSR count). The Morgan fingerprint density at radius 1 is 1.53 bits per heavy atom. The van der Waals surface area contributed by atoms with Gasteiger partial charge in [-0.25, -0.2) is 0 Å². The number of anilines is 1. The van der Waals surface area contributed by atoms with Crippen molar-refractivity contribution in [3.05, 3.63) is 28.8 Å². The molecule has 0 bridgehead atoms. The van der Waals surface area contributed by atoms with Gasteiger partial charge in [0.1, 0.15) is 5.84 Å². The Labute approximate surface area is 107 Å². The van der Waals surface area contributed by atoms with Crippen molar-refractivity contribution >= 4 is 23.1 Å². The number of hydrogen-bond acceptors (Lipinski definition) is 2. The lowest BCUT2D eigenvalue weighted by Gasteiger charge is -2.24. The van der Waals surface area contributed by atoms with Gasteiger partial charge in [0.05, 0.1) is 10.7 Å². The van der Waals surface area contributed by atoms with Crippen molar-refractivity contribution in [1.82, 2.24) is 0 Å². The zero-order valence-electron chi connectivity index (χ0n) is 10.0. The summed E-state index contributed by atoms with van der Waals surface area (Å²) < 4.78 is 0. The zero-order chi connectivity index (χ0) is 12.4. The molecule has 0 spiro atoms. The van der Waals surface area contributed by atoms with Gasteiger partial charge < -0.3 is 10.6 Å². The molecule has 4 heteroatoms. The Bertz CT molecular complexity index is 427. The summed E-state index contributed by atoms with van der Waals surface area (Å²) in [6.45, 7) is 4.17. The van der Waals surface area contributed by atoms with E-state index < -0.39 is 0 Å². The number of halogens is 1. The first-order valence-electron chi connectivity index (χ1n) is 6.00. The number of amidine groups is 1. The van der Waals surface area contributed by atoms with Crippen LogP contribution in [0.1, 0.15) is 25.3 Å². The van der Waals surface area contributed by atoms with E-state index in [1.54, 1.807) is 6.07 Å². The highest BCUT2D eigenvalue weighted by Gasteiger charge is 2.24. The smallest absolute Gasteiger partial charge is 0.122 e. The first kappa shape index (κ1) is 12.2. The minimum atomic E-state index is 0.0590. The molecule has 3 N–H and O–H groups in total. The van der Waals surface area contributed by atoms with Gasteiger partial charge in [-0.1, -0.05) is 11.6 Å². The van der Waals surface area contributed by atoms with Crippen LogP contribution in [0.5, 0.6) is 0 Å². The van der Waals surface area contributed by atoms with Crippen molar-refractivity contribution in [1.29, 1.82) is 5.41 Å². The molecule has 1 saturated carbocycles. The molecule has 0 aromatic heterocycles. The second kappa shape index (κ2) is 4.96. The molecule has 0 amide bonds. The van der Waals surface area contributed by atoms with Gasteiger partial charge in [0.25, 0.3) is 0 Å². The molecular weight excluding hydrogens is 234 g/mol. The maximum Gasteiger partial charge on any atom is 0.122 e. The minimum absolute atomic E-state index is 0.0590. The largest absolute Gasteiger partial charge is 0.384 e. The minimum Gasteiger partial charge on any atom is -0.384 e. The normalized spacial score (nSPS) is 14.7. The van der Waals surface area contributed by atoms with E-state index in [4.69, 9.17) is 22.7 Å². The van der Waals surface area contributed by atoms with Gasteiger partial charge in [-0.05, 0) is 43.9 Å². The fraction of sp³-hybridized carbons (Fsp3) is 0.462. The Morgan fingerprint density at radius 2 is 2.24 bits per heavy atom. The summed E-state index contributed by atoms with van der Waals surface area (Å²) in [5.74, 6) is 0.891. The number of nitrogen functional groups attached to an aromatic ring is 1. The molecule has 17 heavy (non-hydrogen) atoms. The summed E-state index contributed by atoms with van der Waals surface area (Å²) in [6.07, 6.45) is 2.67. The standard InChI is InChI=1S/C13H18ClN3/c1-2-17(8-9-3-4-9)12-6-5-10(13(15)16)7-11(12)14/h5-7,9H,2-4,8H2,1H3,(H3,15,16). The van der Waals surface area contributed by atoms with Crippen LogP contribution in [0.3, 0.4) is 0 Å². The van der Waals surface area contributed by atoms with E-state index in [0.29, 0.717) is 10.6 Å². The molecule has 0 unspecified atom stereocenters. The van der Waals surface area contributed by atoms with Crippen LogP contribution in [0.25, 0.3) is 0 Å². The zero-order valence-corrected chi connectivity index (χ0v) is 10.8. The molecule has 1 fully saturated rings. The Hall–Kier alpha value is -1.22. The molecule has 0 radical (unpaired) electrons. The monoisotopic (exact) mass is 251 g/mol. The number of nitrogens with two attached hydrogens (primary N) is 1. The van der Waals surface area contributed by atoms with Crippen molar-refractivity contribution in [2.24, 2.45) is 11.7 Å². The lowest BCUT2D eigenvalue weighted by Crippen LogP contribution is -2.25. The summed E-state index contributed by atoms with van der Waals surface area (Å²) in [6, 6.07) is 5.60. The number of nitrogens with one attached hydrogen (secondary N) is 1. The second-order valence-electron chi connectivity index (χ2n) is 4.56. The first-order chi connectivity index (χ1) is 8.11. The van der Waals surface area contributed by atoms with Crippen LogP contribution in [-0.4, -0.2) is 18.9 Å². The molecule has 0 saturated heterocycles. The summed E-state index contributed by atoms with van der Waals surface area (Å²) in [7, 11) is 0. The summed E-state index contributed by atoms with van der Waals surface area (Å²) >= 11 is 6.26. The molecule has 1 aliphatic rings. The van der Waals surface area contributed by atoms with Crippen molar-refractivity contribution in [2.75, 3.05) is 18.0 Å². The third kappa shape index (κ3) is 2.91. The lowest BCUT2D eigenvalue weighted by molar-refractivity contribution is 0.742. The first-order valence-corrected chi connectivity index (χ1v) is 6.38. The molecule has 0 aliphatic heterocycles. The predicted molar refractivity (Wildman–Crippen MR) is 73.1 cm³/mol. The average molecular weight is 252 g/mol. The summed E-state index contributed by atoms with van der Waals surface area (Å²) in [5, 5.41) is 8.06. The van der Waals surface area contributed by atoms with Gasteiger partial charge in [-0.2, -0.15) is 0 Å². The molecule has 0 heterocycles. The topological polar surface area (TPSA) is 53.1 Å². The Kier molecular flexibility index (Phi) is 3.57. The SMILES string of the molecule is CCN(CC1CC1)c1ccc(C(=N)N)cc1Cl. The highest BCUT2D eigenvalue weighted by Crippen LogP contribution is 2.34. The van der Waals surface area contributed by atoms with Crippen LogP contribution < -0.4 is 10.6 Å². The van der Waals surface area contributed by atoms with Gasteiger partial charge in [0, 0.05) is 18.7 Å². The van der Waals surface area contributed by atoms with Gasteiger partial charge in [-0.3, -0.25) is 5.41 Å². The molecule has 1 aliphatic carbocycles. The summed E-state index contributed by atoms with van der Waals surface area (Å²) in [5.41, 5.74) is 7.17. The Balaban J connectivity index is 2.20. The highest BCUT2D eigenvalue weighted by atomic mass is 35.5. The second-order valence-corrected chi connectivity index (χ2v) is 4.97. The van der Waals surface area contributed by atoms with E-state index in [1.807, 2.05) is 12.1 Å². The third-order valence-corrected chi connectivity index (χ3v) is 3.46. The van der Waals surface area contributed by atoms with Gasteiger partial charge in [0.15, 0.2) is 0 Å². The van der Waals surface area contributed by atoms with E-state index in [2.05, 4.69) is 11.8 Å². The third-order valence-electron chi connectivity index (χ3n) is 3.16. The van der Waals surface area contributed by atoms with Gasteiger partial charge >= 0.3 is 0 Å². The van der Waals surface area contributed by atoms with E-state index >= 15 is 0 Å². The molecule has 1 aromatic rings. The van der Waals surface area contributed by atoms with Crippen molar-refractivity contribution < 1.29 is 0 Å². The van der Waals surface area contributed by atoms with E-state index in [-0.39, 0.29) is 5.84 Å². The quantitative estimate of drug-likeness (QED) is 0.625. The highest BCUT2D eigenvalue weighted by molar-refractivity contribution is 6.33. The molecule has 92 valence electrons. The lowest BCUT2D eigenvalue weighted by atomic mass is 10.1. The molecule has 3 nitrogen and oxygen atoms in total. The summed E-state index contributed by atoms with van der Waals surface area (Å²) in [4.78, 5) is 2.30. The fourth-order valence-corrected chi connectivity index (χ4v) is 2.24. The fourth-order valence-electron chi connectivity index (χ4n) is 1.94. The van der Waals surface area contributed by atoms with Crippen molar-refractivity contribution in [2.45, 2.75) is 19.8 Å².